The first-order valence-corrected chi connectivity index (χ1v) is 9.90. The molecule has 1 aliphatic heterocycles. The smallest absolute Gasteiger partial charge is 0.191 e. The summed E-state index contributed by atoms with van der Waals surface area (Å²) in [5.41, 5.74) is 0. The van der Waals surface area contributed by atoms with Gasteiger partial charge in [0.2, 0.25) is 0 Å². The predicted molar refractivity (Wildman–Crippen MR) is 100 cm³/mol. The summed E-state index contributed by atoms with van der Waals surface area (Å²) in [6, 6.07) is 1.25. The molecule has 0 amide bonds. The van der Waals surface area contributed by atoms with E-state index >= 15 is 0 Å². The van der Waals surface area contributed by atoms with E-state index in [4.69, 9.17) is 0 Å². The van der Waals surface area contributed by atoms with Crippen LogP contribution in [0, 0.1) is 5.92 Å². The van der Waals surface area contributed by atoms with Gasteiger partial charge in [-0.2, -0.15) is 0 Å². The Kier molecular flexibility index (Phi) is 8.21. The van der Waals surface area contributed by atoms with Crippen molar-refractivity contribution in [2.75, 3.05) is 26.7 Å². The molecule has 0 aromatic heterocycles. The summed E-state index contributed by atoms with van der Waals surface area (Å²) in [4.78, 5) is 7.02. The topological polar surface area (TPSA) is 39.7 Å². The fraction of sp³-hybridized carbons (Fsp3) is 0.947. The molecule has 1 saturated carbocycles. The van der Waals surface area contributed by atoms with Crippen LogP contribution in [0.3, 0.4) is 0 Å². The Labute approximate surface area is 143 Å². The van der Waals surface area contributed by atoms with Gasteiger partial charge in [0.05, 0.1) is 0 Å². The quantitative estimate of drug-likeness (QED) is 0.616. The predicted octanol–water partition coefficient (Wildman–Crippen LogP) is 3.38. The summed E-state index contributed by atoms with van der Waals surface area (Å²) in [5, 5.41) is 7.24. The molecule has 2 aliphatic rings. The number of aliphatic imine (C=N–C) groups is 1. The monoisotopic (exact) mass is 322 g/mol. The minimum Gasteiger partial charge on any atom is -0.356 e. The number of rotatable bonds is 4. The number of hydrogen-bond donors (Lipinski definition) is 2. The van der Waals surface area contributed by atoms with E-state index in [0.717, 1.165) is 18.4 Å². The fourth-order valence-corrected chi connectivity index (χ4v) is 3.93. The van der Waals surface area contributed by atoms with E-state index in [1.807, 2.05) is 7.05 Å². The van der Waals surface area contributed by atoms with Gasteiger partial charge in [-0.3, -0.25) is 4.99 Å². The maximum atomic E-state index is 4.44. The van der Waals surface area contributed by atoms with Crippen LogP contribution in [0.4, 0.5) is 0 Å². The van der Waals surface area contributed by atoms with Crippen LogP contribution in [0.2, 0.25) is 0 Å². The second-order valence-corrected chi connectivity index (χ2v) is 7.71. The Bertz CT molecular complexity index is 337. The molecule has 0 atom stereocenters. The number of piperidine rings is 1. The van der Waals surface area contributed by atoms with Crippen LogP contribution >= 0.6 is 0 Å². The van der Waals surface area contributed by atoms with Crippen LogP contribution in [0.25, 0.3) is 0 Å². The van der Waals surface area contributed by atoms with Crippen molar-refractivity contribution in [3.05, 3.63) is 0 Å². The van der Waals surface area contributed by atoms with Gasteiger partial charge in [-0.05, 0) is 45.4 Å². The highest BCUT2D eigenvalue weighted by molar-refractivity contribution is 5.79. The van der Waals surface area contributed by atoms with Crippen molar-refractivity contribution in [2.24, 2.45) is 10.9 Å². The molecular weight excluding hydrogens is 284 g/mol. The third-order valence-electron chi connectivity index (χ3n) is 5.61. The average Bonchev–Trinajstić information content (AvgIpc) is 2.53. The first-order chi connectivity index (χ1) is 11.2. The molecule has 0 radical (unpaired) electrons. The Morgan fingerprint density at radius 3 is 2.17 bits per heavy atom. The molecule has 0 spiro atoms. The summed E-state index contributed by atoms with van der Waals surface area (Å²) >= 11 is 0. The van der Waals surface area contributed by atoms with Gasteiger partial charge in [-0.25, -0.2) is 0 Å². The molecule has 1 aliphatic carbocycles. The Morgan fingerprint density at radius 2 is 1.61 bits per heavy atom. The molecule has 2 rings (SSSR count). The van der Waals surface area contributed by atoms with Gasteiger partial charge in [0.25, 0.3) is 0 Å². The van der Waals surface area contributed by atoms with E-state index in [1.54, 1.807) is 0 Å². The highest BCUT2D eigenvalue weighted by Crippen LogP contribution is 2.21. The van der Waals surface area contributed by atoms with Crippen molar-refractivity contribution in [3.63, 3.8) is 0 Å². The number of hydrogen-bond acceptors (Lipinski definition) is 2. The van der Waals surface area contributed by atoms with Crippen molar-refractivity contribution in [1.82, 2.24) is 15.5 Å². The van der Waals surface area contributed by atoms with E-state index in [9.17, 15) is 0 Å². The molecule has 1 heterocycles. The fourth-order valence-electron chi connectivity index (χ4n) is 3.93. The summed E-state index contributed by atoms with van der Waals surface area (Å²) < 4.78 is 0. The van der Waals surface area contributed by atoms with Crippen molar-refractivity contribution in [2.45, 2.75) is 83.7 Å². The van der Waals surface area contributed by atoms with Gasteiger partial charge in [0.1, 0.15) is 0 Å². The molecule has 0 unspecified atom stereocenters. The van der Waals surface area contributed by atoms with E-state index < -0.39 is 0 Å². The van der Waals surface area contributed by atoms with Crippen molar-refractivity contribution in [1.29, 1.82) is 0 Å². The summed E-state index contributed by atoms with van der Waals surface area (Å²) in [6.45, 7) is 8.08. The third-order valence-corrected chi connectivity index (χ3v) is 5.61. The molecule has 4 heteroatoms. The number of guanidine groups is 1. The van der Waals surface area contributed by atoms with Gasteiger partial charge in [0, 0.05) is 38.8 Å². The Hall–Kier alpha value is -0.770. The lowest BCUT2D eigenvalue weighted by molar-refractivity contribution is 0.167. The van der Waals surface area contributed by atoms with Crippen molar-refractivity contribution in [3.8, 4) is 0 Å². The van der Waals surface area contributed by atoms with Gasteiger partial charge in [-0.15, -0.1) is 0 Å². The highest BCUT2D eigenvalue weighted by Gasteiger charge is 2.21. The lowest BCUT2D eigenvalue weighted by Crippen LogP contribution is -2.50. The molecule has 1 saturated heterocycles. The first kappa shape index (κ1) is 18.6. The zero-order valence-electron chi connectivity index (χ0n) is 15.6. The van der Waals surface area contributed by atoms with Crippen LogP contribution in [0.1, 0.15) is 71.6 Å². The van der Waals surface area contributed by atoms with Crippen LogP contribution < -0.4 is 10.6 Å². The van der Waals surface area contributed by atoms with E-state index in [0.29, 0.717) is 12.1 Å². The zero-order valence-corrected chi connectivity index (χ0v) is 15.6. The molecular formula is C19H38N4. The van der Waals surface area contributed by atoms with Gasteiger partial charge >= 0.3 is 0 Å². The summed E-state index contributed by atoms with van der Waals surface area (Å²) in [6.07, 6.45) is 12.3. The van der Waals surface area contributed by atoms with Gasteiger partial charge in [-0.1, -0.05) is 32.1 Å². The maximum absolute atomic E-state index is 4.44. The average molecular weight is 323 g/mol. The Balaban J connectivity index is 1.69. The standard InChI is InChI=1S/C19H38N4/c1-16(2)23-13-11-18(12-14-23)22-19(20-3)21-15-17-9-7-5-4-6-8-10-17/h16-18H,4-15H2,1-3H3,(H2,20,21,22). The summed E-state index contributed by atoms with van der Waals surface area (Å²) in [7, 11) is 1.90. The molecule has 0 aromatic rings. The van der Waals surface area contributed by atoms with Crippen LogP contribution in [-0.2, 0) is 0 Å². The SMILES string of the molecule is CN=C(NCC1CCCCCCC1)NC1CCN(C(C)C)CC1. The van der Waals surface area contributed by atoms with Gasteiger partial charge in [0.15, 0.2) is 5.96 Å². The number of nitrogens with zero attached hydrogens (tertiary/aromatic N) is 2. The third kappa shape index (κ3) is 6.70. The van der Waals surface area contributed by atoms with Crippen LogP contribution in [-0.4, -0.2) is 49.6 Å². The molecule has 2 N–H and O–H groups in total. The normalized spacial score (nSPS) is 23.6. The minimum absolute atomic E-state index is 0.577. The zero-order chi connectivity index (χ0) is 16.5. The van der Waals surface area contributed by atoms with E-state index in [1.165, 1.54) is 70.9 Å². The second kappa shape index (κ2) is 10.2. The van der Waals surface area contributed by atoms with Crippen molar-refractivity contribution >= 4 is 5.96 Å². The number of nitrogens with one attached hydrogen (secondary N) is 2. The van der Waals surface area contributed by atoms with Gasteiger partial charge < -0.3 is 15.5 Å². The van der Waals surface area contributed by atoms with Crippen molar-refractivity contribution < 1.29 is 0 Å². The van der Waals surface area contributed by atoms with E-state index in [2.05, 4.69) is 34.4 Å². The lowest BCUT2D eigenvalue weighted by atomic mass is 9.91. The maximum Gasteiger partial charge on any atom is 0.191 e. The Morgan fingerprint density at radius 1 is 1.00 bits per heavy atom. The molecule has 0 aromatic carbocycles. The van der Waals surface area contributed by atoms with E-state index in [-0.39, 0.29) is 0 Å². The van der Waals surface area contributed by atoms with Crippen LogP contribution in [0.15, 0.2) is 4.99 Å². The van der Waals surface area contributed by atoms with Crippen LogP contribution in [0.5, 0.6) is 0 Å². The molecule has 4 nitrogen and oxygen atoms in total. The molecule has 23 heavy (non-hydrogen) atoms. The second-order valence-electron chi connectivity index (χ2n) is 7.71. The molecule has 134 valence electrons. The largest absolute Gasteiger partial charge is 0.356 e. The molecule has 0 bridgehead atoms. The molecule has 2 fully saturated rings. The number of likely N-dealkylation sites (tertiary alicyclic amines) is 1. The lowest BCUT2D eigenvalue weighted by Gasteiger charge is -2.35. The minimum atomic E-state index is 0.577. The highest BCUT2D eigenvalue weighted by atomic mass is 15.2. The summed E-state index contributed by atoms with van der Waals surface area (Å²) in [5.74, 6) is 1.84. The first-order valence-electron chi connectivity index (χ1n) is 9.90.